The monoisotopic (exact) mass is 346 g/mol. The summed E-state index contributed by atoms with van der Waals surface area (Å²) in [5.41, 5.74) is 0. The van der Waals surface area contributed by atoms with E-state index in [1.54, 1.807) is 0 Å². The fraction of sp³-hybridized carbons (Fsp3) is 0.882. The van der Waals surface area contributed by atoms with Crippen molar-refractivity contribution in [1.82, 2.24) is 10.2 Å². The summed E-state index contributed by atoms with van der Waals surface area (Å²) >= 11 is 0. The largest absolute Gasteiger partial charge is 0.392 e. The molecule has 3 fully saturated rings. The summed E-state index contributed by atoms with van der Waals surface area (Å²) in [4.78, 5) is 26.4. The molecule has 1 saturated heterocycles. The molecule has 4 nitrogen and oxygen atoms in total. The lowest BCUT2D eigenvalue weighted by Gasteiger charge is -2.38. The number of alkyl halides is 3. The quantitative estimate of drug-likeness (QED) is 0.854. The maximum Gasteiger partial charge on any atom is 0.392 e. The van der Waals surface area contributed by atoms with Gasteiger partial charge in [0, 0.05) is 25.0 Å². The maximum absolute atomic E-state index is 13.2. The fourth-order valence-corrected chi connectivity index (χ4v) is 3.99. The van der Waals surface area contributed by atoms with Crippen LogP contribution in [0.2, 0.25) is 0 Å². The zero-order valence-electron chi connectivity index (χ0n) is 13.8. The standard InChI is InChI=1S/C17H25F3N2O2/c18-17(19,20)14-6-2-1-5-13(14)16(24)22-9-3-4-11(10-22)15(23)21-12-7-8-12/h11-14H,1-10H2,(H,21,23). The number of amides is 2. The van der Waals surface area contributed by atoms with Crippen molar-refractivity contribution in [3.05, 3.63) is 0 Å². The van der Waals surface area contributed by atoms with E-state index in [1.165, 1.54) is 4.90 Å². The summed E-state index contributed by atoms with van der Waals surface area (Å²) in [6, 6.07) is 0.261. The lowest BCUT2D eigenvalue weighted by Crippen LogP contribution is -2.50. The van der Waals surface area contributed by atoms with Crippen molar-refractivity contribution in [1.29, 1.82) is 0 Å². The molecule has 136 valence electrons. The topological polar surface area (TPSA) is 49.4 Å². The summed E-state index contributed by atoms with van der Waals surface area (Å²) in [5.74, 6) is -3.23. The molecule has 0 aromatic carbocycles. The fourth-order valence-electron chi connectivity index (χ4n) is 3.99. The average Bonchev–Trinajstić information content (AvgIpc) is 3.37. The van der Waals surface area contributed by atoms with Crippen LogP contribution in [-0.4, -0.2) is 42.0 Å². The van der Waals surface area contributed by atoms with E-state index in [4.69, 9.17) is 0 Å². The molecule has 3 atom stereocenters. The van der Waals surface area contributed by atoms with E-state index >= 15 is 0 Å². The number of piperidine rings is 1. The Kier molecular flexibility index (Phi) is 5.06. The van der Waals surface area contributed by atoms with Gasteiger partial charge in [0.1, 0.15) is 0 Å². The smallest absolute Gasteiger partial charge is 0.353 e. The molecule has 3 aliphatic rings. The first-order valence-electron chi connectivity index (χ1n) is 9.02. The molecule has 24 heavy (non-hydrogen) atoms. The van der Waals surface area contributed by atoms with Gasteiger partial charge < -0.3 is 10.2 Å². The first-order chi connectivity index (χ1) is 11.4. The van der Waals surface area contributed by atoms with E-state index < -0.39 is 23.9 Å². The third-order valence-corrected chi connectivity index (χ3v) is 5.53. The predicted octanol–water partition coefficient (Wildman–Crippen LogP) is 2.87. The molecular weight excluding hydrogens is 321 g/mol. The molecule has 2 aliphatic carbocycles. The van der Waals surface area contributed by atoms with Crippen LogP contribution in [-0.2, 0) is 9.59 Å². The van der Waals surface area contributed by atoms with Gasteiger partial charge in [-0.15, -0.1) is 0 Å². The van der Waals surface area contributed by atoms with E-state index in [-0.39, 0.29) is 30.8 Å². The van der Waals surface area contributed by atoms with Crippen LogP contribution in [0, 0.1) is 17.8 Å². The van der Waals surface area contributed by atoms with Gasteiger partial charge in [0.15, 0.2) is 0 Å². The lowest BCUT2D eigenvalue weighted by molar-refractivity contribution is -0.201. The minimum absolute atomic E-state index is 0.0410. The second-order valence-electron chi connectivity index (χ2n) is 7.45. The van der Waals surface area contributed by atoms with Crippen molar-refractivity contribution in [3.8, 4) is 0 Å². The zero-order chi connectivity index (χ0) is 17.3. The van der Waals surface area contributed by atoms with Crippen LogP contribution >= 0.6 is 0 Å². The molecule has 0 aromatic heterocycles. The number of carbonyl (C=O) groups excluding carboxylic acids is 2. The van der Waals surface area contributed by atoms with E-state index in [2.05, 4.69) is 5.32 Å². The number of nitrogens with zero attached hydrogens (tertiary/aromatic N) is 1. The number of hydrogen-bond donors (Lipinski definition) is 1. The Morgan fingerprint density at radius 2 is 1.67 bits per heavy atom. The molecule has 2 amide bonds. The van der Waals surface area contributed by atoms with Crippen LogP contribution in [0.3, 0.4) is 0 Å². The predicted molar refractivity (Wildman–Crippen MR) is 82.0 cm³/mol. The van der Waals surface area contributed by atoms with E-state index in [9.17, 15) is 22.8 Å². The molecule has 7 heteroatoms. The Labute approximate surface area is 140 Å². The number of nitrogens with one attached hydrogen (secondary N) is 1. The van der Waals surface area contributed by atoms with Gasteiger partial charge in [-0.3, -0.25) is 9.59 Å². The summed E-state index contributed by atoms with van der Waals surface area (Å²) < 4.78 is 39.7. The first kappa shape index (κ1) is 17.5. The summed E-state index contributed by atoms with van der Waals surface area (Å²) in [6.07, 6.45) is 0.598. The number of hydrogen-bond acceptors (Lipinski definition) is 2. The van der Waals surface area contributed by atoms with Crippen LogP contribution < -0.4 is 5.32 Å². The van der Waals surface area contributed by atoms with Crippen molar-refractivity contribution in [2.75, 3.05) is 13.1 Å². The van der Waals surface area contributed by atoms with Crippen LogP contribution in [0.4, 0.5) is 13.2 Å². The highest BCUT2D eigenvalue weighted by Gasteiger charge is 2.49. The van der Waals surface area contributed by atoms with Crippen molar-refractivity contribution in [2.24, 2.45) is 17.8 Å². The Morgan fingerprint density at radius 1 is 0.958 bits per heavy atom. The van der Waals surface area contributed by atoms with E-state index in [0.717, 1.165) is 12.8 Å². The number of carbonyl (C=O) groups is 2. The molecule has 0 spiro atoms. The molecule has 3 unspecified atom stereocenters. The molecule has 1 heterocycles. The number of halogens is 3. The Balaban J connectivity index is 1.63. The molecule has 1 N–H and O–H groups in total. The molecular formula is C17H25F3N2O2. The van der Waals surface area contributed by atoms with Crippen LogP contribution in [0.15, 0.2) is 0 Å². The summed E-state index contributed by atoms with van der Waals surface area (Å²) in [6.45, 7) is 0.728. The van der Waals surface area contributed by atoms with Gasteiger partial charge in [-0.25, -0.2) is 0 Å². The summed E-state index contributed by atoms with van der Waals surface area (Å²) in [7, 11) is 0. The SMILES string of the molecule is O=C(NC1CC1)C1CCCN(C(=O)C2CCCCC2C(F)(F)F)C1. The second kappa shape index (κ2) is 6.92. The molecule has 3 rings (SSSR count). The van der Waals surface area contributed by atoms with Crippen LogP contribution in [0.5, 0.6) is 0 Å². The normalized spacial score (nSPS) is 31.6. The minimum Gasteiger partial charge on any atom is -0.353 e. The molecule has 0 radical (unpaired) electrons. The summed E-state index contributed by atoms with van der Waals surface area (Å²) in [5, 5.41) is 2.94. The molecule has 0 bridgehead atoms. The van der Waals surface area contributed by atoms with Crippen molar-refractivity contribution < 1.29 is 22.8 Å². The third kappa shape index (κ3) is 4.03. The molecule has 2 saturated carbocycles. The number of likely N-dealkylation sites (tertiary alicyclic amines) is 1. The van der Waals surface area contributed by atoms with Gasteiger partial charge >= 0.3 is 6.18 Å². The van der Waals surface area contributed by atoms with Gasteiger partial charge in [0.2, 0.25) is 11.8 Å². The lowest BCUT2D eigenvalue weighted by atomic mass is 9.77. The Morgan fingerprint density at radius 3 is 2.33 bits per heavy atom. The highest BCUT2D eigenvalue weighted by atomic mass is 19.4. The average molecular weight is 346 g/mol. The third-order valence-electron chi connectivity index (χ3n) is 5.53. The Bertz CT molecular complexity index is 491. The van der Waals surface area contributed by atoms with E-state index in [0.29, 0.717) is 38.6 Å². The van der Waals surface area contributed by atoms with Crippen molar-refractivity contribution >= 4 is 11.8 Å². The van der Waals surface area contributed by atoms with Crippen molar-refractivity contribution in [2.45, 2.75) is 63.6 Å². The highest BCUT2D eigenvalue weighted by Crippen LogP contribution is 2.42. The minimum atomic E-state index is -4.32. The zero-order valence-corrected chi connectivity index (χ0v) is 13.8. The van der Waals surface area contributed by atoms with Gasteiger partial charge in [0.25, 0.3) is 0 Å². The molecule has 1 aliphatic heterocycles. The van der Waals surface area contributed by atoms with Gasteiger partial charge in [0.05, 0.1) is 11.8 Å². The van der Waals surface area contributed by atoms with Crippen LogP contribution in [0.1, 0.15) is 51.4 Å². The van der Waals surface area contributed by atoms with E-state index in [1.807, 2.05) is 0 Å². The molecule has 0 aromatic rings. The highest BCUT2D eigenvalue weighted by molar-refractivity contribution is 5.83. The maximum atomic E-state index is 13.2. The first-order valence-corrected chi connectivity index (χ1v) is 9.02. The van der Waals surface area contributed by atoms with Gasteiger partial charge in [-0.1, -0.05) is 12.8 Å². The number of rotatable bonds is 3. The van der Waals surface area contributed by atoms with Gasteiger partial charge in [-0.2, -0.15) is 13.2 Å². The Hall–Kier alpha value is -1.27. The van der Waals surface area contributed by atoms with Crippen molar-refractivity contribution in [3.63, 3.8) is 0 Å². The van der Waals surface area contributed by atoms with Gasteiger partial charge in [-0.05, 0) is 38.5 Å². The van der Waals surface area contributed by atoms with Crippen LogP contribution in [0.25, 0.3) is 0 Å². The second-order valence-corrected chi connectivity index (χ2v) is 7.45.